The minimum atomic E-state index is -2.65. The Morgan fingerprint density at radius 1 is 1.69 bits per heavy atom. The van der Waals surface area contributed by atoms with Crippen LogP contribution in [0.25, 0.3) is 0 Å². The summed E-state index contributed by atoms with van der Waals surface area (Å²) in [6.45, 7) is 3.52. The summed E-state index contributed by atoms with van der Waals surface area (Å²) in [5, 5.41) is 3.78. The molecule has 0 saturated carbocycles. The second-order valence-electron chi connectivity index (χ2n) is 2.98. The molecular formula is C7H12F2N4. The van der Waals surface area contributed by atoms with Crippen LogP contribution in [0.4, 0.5) is 8.78 Å². The van der Waals surface area contributed by atoms with E-state index >= 15 is 0 Å². The van der Waals surface area contributed by atoms with E-state index in [1.54, 1.807) is 6.92 Å². The third kappa shape index (κ3) is 1.67. The molecule has 0 aliphatic carbocycles. The highest BCUT2D eigenvalue weighted by molar-refractivity contribution is 5.03. The molecule has 4 nitrogen and oxygen atoms in total. The van der Waals surface area contributed by atoms with Crippen LogP contribution in [0.5, 0.6) is 0 Å². The van der Waals surface area contributed by atoms with Gasteiger partial charge in [0.05, 0.1) is 0 Å². The van der Waals surface area contributed by atoms with E-state index in [9.17, 15) is 8.78 Å². The summed E-state index contributed by atoms with van der Waals surface area (Å²) in [7, 11) is 0. The van der Waals surface area contributed by atoms with Crippen LogP contribution in [0.1, 0.15) is 19.7 Å². The molecule has 1 aromatic heterocycles. The third-order valence-corrected chi connectivity index (χ3v) is 1.85. The van der Waals surface area contributed by atoms with E-state index in [2.05, 4.69) is 10.1 Å². The number of aryl methyl sites for hydroxylation is 1. The van der Waals surface area contributed by atoms with Gasteiger partial charge < -0.3 is 5.73 Å². The van der Waals surface area contributed by atoms with Gasteiger partial charge in [0.25, 0.3) is 6.43 Å². The van der Waals surface area contributed by atoms with Gasteiger partial charge in [0, 0.05) is 6.54 Å². The molecule has 0 fully saturated rings. The number of hydrogen-bond acceptors (Lipinski definition) is 3. The van der Waals surface area contributed by atoms with E-state index in [4.69, 9.17) is 5.73 Å². The van der Waals surface area contributed by atoms with Crippen molar-refractivity contribution in [3.63, 3.8) is 0 Å². The van der Waals surface area contributed by atoms with Crippen molar-refractivity contribution in [3.05, 3.63) is 12.2 Å². The van der Waals surface area contributed by atoms with Crippen molar-refractivity contribution in [1.82, 2.24) is 14.8 Å². The van der Waals surface area contributed by atoms with Gasteiger partial charge in [-0.15, -0.1) is 0 Å². The Morgan fingerprint density at radius 3 is 2.77 bits per heavy atom. The first kappa shape index (κ1) is 10.0. The first-order valence-electron chi connectivity index (χ1n) is 3.95. The average Bonchev–Trinajstić information content (AvgIpc) is 2.51. The molecule has 1 heterocycles. The molecule has 1 atom stereocenters. The maximum atomic E-state index is 12.5. The topological polar surface area (TPSA) is 56.7 Å². The first-order valence-corrected chi connectivity index (χ1v) is 3.95. The van der Waals surface area contributed by atoms with Crippen molar-refractivity contribution in [3.8, 4) is 0 Å². The molecule has 74 valence electrons. The maximum absolute atomic E-state index is 12.5. The van der Waals surface area contributed by atoms with Gasteiger partial charge in [0.2, 0.25) is 0 Å². The monoisotopic (exact) mass is 190 g/mol. The number of halogens is 2. The Morgan fingerprint density at radius 2 is 2.31 bits per heavy atom. The van der Waals surface area contributed by atoms with E-state index < -0.39 is 12.0 Å². The molecule has 0 spiro atoms. The minimum Gasteiger partial charge on any atom is -0.314 e. The van der Waals surface area contributed by atoms with Gasteiger partial charge in [-0.1, -0.05) is 0 Å². The number of nitrogens with two attached hydrogens (primary N) is 1. The van der Waals surface area contributed by atoms with Crippen LogP contribution < -0.4 is 5.73 Å². The van der Waals surface area contributed by atoms with Crippen molar-refractivity contribution in [2.24, 2.45) is 5.73 Å². The van der Waals surface area contributed by atoms with Crippen LogP contribution in [0, 0.1) is 0 Å². The molecule has 0 aliphatic heterocycles. The van der Waals surface area contributed by atoms with Crippen LogP contribution in [-0.2, 0) is 12.1 Å². The van der Waals surface area contributed by atoms with Crippen molar-refractivity contribution in [1.29, 1.82) is 0 Å². The lowest BCUT2D eigenvalue weighted by Crippen LogP contribution is -2.43. The highest BCUT2D eigenvalue weighted by Crippen LogP contribution is 2.22. The Hall–Kier alpha value is -1.04. The zero-order chi connectivity index (χ0) is 10.1. The Balaban J connectivity index is 3.06. The molecule has 0 bridgehead atoms. The molecular weight excluding hydrogens is 178 g/mol. The molecule has 0 amide bonds. The zero-order valence-electron chi connectivity index (χ0n) is 7.54. The fraction of sp³-hybridized carbons (Fsp3) is 0.714. The van der Waals surface area contributed by atoms with Crippen molar-refractivity contribution >= 4 is 0 Å². The summed E-state index contributed by atoms with van der Waals surface area (Å²) in [5.74, 6) is 0.116. The summed E-state index contributed by atoms with van der Waals surface area (Å²) >= 11 is 0. The summed E-state index contributed by atoms with van der Waals surface area (Å²) in [6.07, 6.45) is -1.42. The Labute approximate surface area is 74.8 Å². The van der Waals surface area contributed by atoms with E-state index in [1.807, 2.05) is 0 Å². The molecule has 6 heteroatoms. The summed E-state index contributed by atoms with van der Waals surface area (Å²) < 4.78 is 26.3. The SMILES string of the molecule is CCn1ncnc1C(C)(N)C(F)F. The van der Waals surface area contributed by atoms with Gasteiger partial charge in [-0.3, -0.25) is 0 Å². The average molecular weight is 190 g/mol. The standard InChI is InChI=1S/C7H12F2N4/c1-3-13-6(11-4-12-13)7(2,10)5(8)9/h4-5H,3,10H2,1-2H3. The quantitative estimate of drug-likeness (QED) is 0.764. The molecule has 0 aromatic carbocycles. The lowest BCUT2D eigenvalue weighted by Gasteiger charge is -2.22. The normalized spacial score (nSPS) is 16.2. The molecule has 2 N–H and O–H groups in total. The molecule has 13 heavy (non-hydrogen) atoms. The second kappa shape index (κ2) is 3.37. The maximum Gasteiger partial charge on any atom is 0.263 e. The number of hydrogen-bond donors (Lipinski definition) is 1. The van der Waals surface area contributed by atoms with Gasteiger partial charge in [0.15, 0.2) is 5.82 Å². The van der Waals surface area contributed by atoms with Crippen LogP contribution >= 0.6 is 0 Å². The first-order chi connectivity index (χ1) is 6.00. The minimum absolute atomic E-state index is 0.116. The second-order valence-corrected chi connectivity index (χ2v) is 2.98. The Bertz CT molecular complexity index is 282. The molecule has 0 aliphatic rings. The van der Waals surface area contributed by atoms with E-state index in [-0.39, 0.29) is 5.82 Å². The third-order valence-electron chi connectivity index (χ3n) is 1.85. The number of aromatic nitrogens is 3. The molecule has 0 radical (unpaired) electrons. The highest BCUT2D eigenvalue weighted by atomic mass is 19.3. The molecule has 1 rings (SSSR count). The zero-order valence-corrected chi connectivity index (χ0v) is 7.54. The fourth-order valence-electron chi connectivity index (χ4n) is 1.01. The van der Waals surface area contributed by atoms with Gasteiger partial charge in [-0.05, 0) is 13.8 Å². The van der Waals surface area contributed by atoms with Crippen molar-refractivity contribution in [2.75, 3.05) is 0 Å². The summed E-state index contributed by atoms with van der Waals surface area (Å²) in [6, 6.07) is 0. The summed E-state index contributed by atoms with van der Waals surface area (Å²) in [5.41, 5.74) is 3.70. The van der Waals surface area contributed by atoms with Gasteiger partial charge in [-0.25, -0.2) is 18.4 Å². The number of rotatable bonds is 3. The van der Waals surface area contributed by atoms with Crippen LogP contribution in [0.3, 0.4) is 0 Å². The summed E-state index contributed by atoms with van der Waals surface area (Å²) in [4.78, 5) is 3.73. The lowest BCUT2D eigenvalue weighted by molar-refractivity contribution is 0.0550. The fourth-order valence-corrected chi connectivity index (χ4v) is 1.01. The van der Waals surface area contributed by atoms with Gasteiger partial charge >= 0.3 is 0 Å². The van der Waals surface area contributed by atoms with Crippen molar-refractivity contribution in [2.45, 2.75) is 32.4 Å². The van der Waals surface area contributed by atoms with Crippen LogP contribution in [0.2, 0.25) is 0 Å². The predicted octanol–water partition coefficient (Wildman–Crippen LogP) is 0.737. The molecule has 1 aromatic rings. The number of nitrogens with zero attached hydrogens (tertiary/aromatic N) is 3. The van der Waals surface area contributed by atoms with Crippen LogP contribution in [0.15, 0.2) is 6.33 Å². The largest absolute Gasteiger partial charge is 0.314 e. The molecule has 1 unspecified atom stereocenters. The molecule has 0 saturated heterocycles. The van der Waals surface area contributed by atoms with Gasteiger partial charge in [-0.2, -0.15) is 5.10 Å². The Kier molecular flexibility index (Phi) is 2.60. The number of alkyl halides is 2. The highest BCUT2D eigenvalue weighted by Gasteiger charge is 2.36. The van der Waals surface area contributed by atoms with Crippen LogP contribution in [-0.4, -0.2) is 21.2 Å². The lowest BCUT2D eigenvalue weighted by atomic mass is 10.0. The van der Waals surface area contributed by atoms with E-state index in [0.717, 1.165) is 0 Å². The predicted molar refractivity (Wildman–Crippen MR) is 43.2 cm³/mol. The van der Waals surface area contributed by atoms with Gasteiger partial charge in [0.1, 0.15) is 11.9 Å². The van der Waals surface area contributed by atoms with E-state index in [0.29, 0.717) is 6.54 Å². The van der Waals surface area contributed by atoms with Crippen molar-refractivity contribution < 1.29 is 8.78 Å². The van der Waals surface area contributed by atoms with E-state index in [1.165, 1.54) is 17.9 Å². The smallest absolute Gasteiger partial charge is 0.263 e.